The molecule has 2 atom stereocenters. The molecule has 0 radical (unpaired) electrons. The third kappa shape index (κ3) is 3.90. The number of amides is 2. The predicted octanol–water partition coefficient (Wildman–Crippen LogP) is 3.89. The number of aryl methyl sites for hydroxylation is 1. The summed E-state index contributed by atoms with van der Waals surface area (Å²) < 4.78 is 0. The molecule has 4 heteroatoms. The lowest BCUT2D eigenvalue weighted by Gasteiger charge is -2.43. The fraction of sp³-hybridized carbons (Fsp3) is 0.652. The molecule has 1 saturated carbocycles. The summed E-state index contributed by atoms with van der Waals surface area (Å²) in [7, 11) is 0. The highest BCUT2D eigenvalue weighted by molar-refractivity contribution is 5.95. The molecule has 3 fully saturated rings. The van der Waals surface area contributed by atoms with Crippen molar-refractivity contribution in [3.63, 3.8) is 0 Å². The number of benzene rings is 1. The molecular weight excluding hydrogens is 336 g/mol. The summed E-state index contributed by atoms with van der Waals surface area (Å²) in [5.41, 5.74) is 1.82. The number of carbonyl (C=O) groups excluding carboxylic acids is 2. The lowest BCUT2D eigenvalue weighted by molar-refractivity contribution is -0.140. The van der Waals surface area contributed by atoms with Crippen molar-refractivity contribution in [1.29, 1.82) is 0 Å². The van der Waals surface area contributed by atoms with Gasteiger partial charge in [0.25, 0.3) is 5.91 Å². The van der Waals surface area contributed by atoms with Gasteiger partial charge in [0, 0.05) is 37.7 Å². The zero-order valence-corrected chi connectivity index (χ0v) is 16.5. The van der Waals surface area contributed by atoms with Crippen molar-refractivity contribution in [2.24, 2.45) is 17.8 Å². The van der Waals surface area contributed by atoms with E-state index >= 15 is 0 Å². The number of piperidine rings is 2. The van der Waals surface area contributed by atoms with Crippen LogP contribution in [0.5, 0.6) is 0 Å². The zero-order chi connectivity index (χ0) is 18.8. The SMILES string of the molecule is Cc1ccccc1C(=O)N1CCC(C(=O)N2CC[C@H]3CCCC[C@@H]3C2)CC1. The number of carbonyl (C=O) groups is 2. The van der Waals surface area contributed by atoms with Crippen LogP contribution in [-0.2, 0) is 4.79 Å². The van der Waals surface area contributed by atoms with Gasteiger partial charge < -0.3 is 9.80 Å². The zero-order valence-electron chi connectivity index (χ0n) is 16.5. The Hall–Kier alpha value is -1.84. The first-order valence-electron chi connectivity index (χ1n) is 10.8. The third-order valence-corrected chi connectivity index (χ3v) is 7.11. The van der Waals surface area contributed by atoms with Crippen molar-refractivity contribution in [2.75, 3.05) is 26.2 Å². The van der Waals surface area contributed by atoms with Crippen LogP contribution in [-0.4, -0.2) is 47.8 Å². The maximum Gasteiger partial charge on any atom is 0.254 e. The second-order valence-electron chi connectivity index (χ2n) is 8.76. The van der Waals surface area contributed by atoms with Crippen molar-refractivity contribution < 1.29 is 9.59 Å². The lowest BCUT2D eigenvalue weighted by atomic mass is 9.75. The van der Waals surface area contributed by atoms with E-state index in [1.54, 1.807) is 0 Å². The Morgan fingerprint density at radius 3 is 2.26 bits per heavy atom. The van der Waals surface area contributed by atoms with Crippen LogP contribution in [0.3, 0.4) is 0 Å². The fourth-order valence-electron chi connectivity index (χ4n) is 5.37. The van der Waals surface area contributed by atoms with E-state index in [1.165, 1.54) is 32.1 Å². The van der Waals surface area contributed by atoms with Crippen LogP contribution in [0.25, 0.3) is 0 Å². The number of likely N-dealkylation sites (tertiary alicyclic amines) is 2. The van der Waals surface area contributed by atoms with E-state index in [0.717, 1.165) is 48.9 Å². The Kier molecular flexibility index (Phi) is 5.51. The van der Waals surface area contributed by atoms with Gasteiger partial charge in [-0.05, 0) is 56.1 Å². The summed E-state index contributed by atoms with van der Waals surface area (Å²) in [5, 5.41) is 0. The van der Waals surface area contributed by atoms with Crippen LogP contribution in [0.2, 0.25) is 0 Å². The van der Waals surface area contributed by atoms with E-state index in [1.807, 2.05) is 36.1 Å². The first-order chi connectivity index (χ1) is 13.1. The van der Waals surface area contributed by atoms with Crippen LogP contribution in [0.1, 0.15) is 60.9 Å². The summed E-state index contributed by atoms with van der Waals surface area (Å²) in [6.45, 7) is 5.31. The van der Waals surface area contributed by atoms with Gasteiger partial charge in [-0.1, -0.05) is 37.5 Å². The second kappa shape index (κ2) is 8.04. The van der Waals surface area contributed by atoms with Crippen molar-refractivity contribution in [3.05, 3.63) is 35.4 Å². The molecule has 0 spiro atoms. The van der Waals surface area contributed by atoms with Gasteiger partial charge in [0.2, 0.25) is 5.91 Å². The maximum atomic E-state index is 13.1. The molecular formula is C23H32N2O2. The molecule has 0 bridgehead atoms. The van der Waals surface area contributed by atoms with Gasteiger partial charge >= 0.3 is 0 Å². The molecule has 1 aromatic rings. The number of rotatable bonds is 2. The largest absolute Gasteiger partial charge is 0.342 e. The molecule has 2 saturated heterocycles. The number of nitrogens with zero attached hydrogens (tertiary/aromatic N) is 2. The number of fused-ring (bicyclic) bond motifs is 1. The smallest absolute Gasteiger partial charge is 0.254 e. The summed E-state index contributed by atoms with van der Waals surface area (Å²) in [6, 6.07) is 7.78. The van der Waals surface area contributed by atoms with Crippen LogP contribution in [0.15, 0.2) is 24.3 Å². The molecule has 27 heavy (non-hydrogen) atoms. The Labute approximate surface area is 162 Å². The quantitative estimate of drug-likeness (QED) is 0.795. The Morgan fingerprint density at radius 2 is 1.52 bits per heavy atom. The van der Waals surface area contributed by atoms with Crippen LogP contribution < -0.4 is 0 Å². The number of hydrogen-bond acceptors (Lipinski definition) is 2. The van der Waals surface area contributed by atoms with Gasteiger partial charge in [-0.2, -0.15) is 0 Å². The molecule has 3 aliphatic rings. The van der Waals surface area contributed by atoms with Gasteiger partial charge in [0.1, 0.15) is 0 Å². The van der Waals surface area contributed by atoms with Crippen molar-refractivity contribution in [2.45, 2.75) is 51.9 Å². The molecule has 4 rings (SSSR count). The minimum Gasteiger partial charge on any atom is -0.342 e. The molecule has 0 aromatic heterocycles. The molecule has 0 unspecified atom stereocenters. The predicted molar refractivity (Wildman–Crippen MR) is 106 cm³/mol. The second-order valence-corrected chi connectivity index (χ2v) is 8.76. The van der Waals surface area contributed by atoms with E-state index in [2.05, 4.69) is 4.90 Å². The van der Waals surface area contributed by atoms with E-state index in [4.69, 9.17) is 0 Å². The van der Waals surface area contributed by atoms with E-state index < -0.39 is 0 Å². The fourth-order valence-corrected chi connectivity index (χ4v) is 5.37. The van der Waals surface area contributed by atoms with Gasteiger partial charge in [0.15, 0.2) is 0 Å². The van der Waals surface area contributed by atoms with Crippen LogP contribution in [0, 0.1) is 24.7 Å². The first kappa shape index (κ1) is 18.5. The van der Waals surface area contributed by atoms with Crippen LogP contribution in [0.4, 0.5) is 0 Å². The highest BCUT2D eigenvalue weighted by Crippen LogP contribution is 2.37. The molecule has 0 N–H and O–H groups in total. The molecule has 2 heterocycles. The third-order valence-electron chi connectivity index (χ3n) is 7.11. The topological polar surface area (TPSA) is 40.6 Å². The van der Waals surface area contributed by atoms with Crippen molar-refractivity contribution >= 4 is 11.8 Å². The number of hydrogen-bond donors (Lipinski definition) is 0. The summed E-state index contributed by atoms with van der Waals surface area (Å²) >= 11 is 0. The van der Waals surface area contributed by atoms with Gasteiger partial charge in [-0.25, -0.2) is 0 Å². The summed E-state index contributed by atoms with van der Waals surface area (Å²) in [4.78, 5) is 29.9. The van der Waals surface area contributed by atoms with E-state index in [0.29, 0.717) is 19.0 Å². The average Bonchev–Trinajstić information content (AvgIpc) is 2.73. The minimum atomic E-state index is 0.103. The Bertz CT molecular complexity index is 693. The highest BCUT2D eigenvalue weighted by Gasteiger charge is 2.36. The lowest BCUT2D eigenvalue weighted by Crippen LogP contribution is -2.49. The average molecular weight is 369 g/mol. The van der Waals surface area contributed by atoms with Crippen molar-refractivity contribution in [1.82, 2.24) is 9.80 Å². The summed E-state index contributed by atoms with van der Waals surface area (Å²) in [5.74, 6) is 2.16. The Balaban J connectivity index is 1.32. The Morgan fingerprint density at radius 1 is 0.852 bits per heavy atom. The maximum absolute atomic E-state index is 13.1. The molecule has 1 aromatic carbocycles. The summed E-state index contributed by atoms with van der Waals surface area (Å²) in [6.07, 6.45) is 8.19. The minimum absolute atomic E-state index is 0.103. The monoisotopic (exact) mass is 368 g/mol. The van der Waals surface area contributed by atoms with Crippen LogP contribution >= 0.6 is 0 Å². The highest BCUT2D eigenvalue weighted by atomic mass is 16.2. The molecule has 2 amide bonds. The normalized spacial score (nSPS) is 26.6. The molecule has 146 valence electrons. The van der Waals surface area contributed by atoms with Gasteiger partial charge in [0.05, 0.1) is 0 Å². The molecule has 1 aliphatic carbocycles. The first-order valence-corrected chi connectivity index (χ1v) is 10.8. The standard InChI is InChI=1S/C23H32N2O2/c1-17-6-2-5-9-21(17)23(27)24-13-11-19(12-14-24)22(26)25-15-10-18-7-3-4-8-20(18)16-25/h2,5-6,9,18-20H,3-4,7-8,10-16H2,1H3/t18-,20-/m1/s1. The van der Waals surface area contributed by atoms with Gasteiger partial charge in [-0.15, -0.1) is 0 Å². The van der Waals surface area contributed by atoms with Gasteiger partial charge in [-0.3, -0.25) is 9.59 Å². The molecule has 4 nitrogen and oxygen atoms in total. The van der Waals surface area contributed by atoms with Crippen molar-refractivity contribution in [3.8, 4) is 0 Å². The van der Waals surface area contributed by atoms with E-state index in [-0.39, 0.29) is 11.8 Å². The molecule has 2 aliphatic heterocycles. The van der Waals surface area contributed by atoms with E-state index in [9.17, 15) is 9.59 Å².